The van der Waals surface area contributed by atoms with Crippen LogP contribution < -0.4 is 0 Å². The zero-order chi connectivity index (χ0) is 8.65. The molecule has 1 fully saturated rings. The summed E-state index contributed by atoms with van der Waals surface area (Å²) in [4.78, 5) is 0. The molecule has 1 aliphatic heterocycles. The van der Waals surface area contributed by atoms with E-state index in [1.54, 1.807) is 13.8 Å². The molecule has 1 rings (SSSR count). The van der Waals surface area contributed by atoms with E-state index in [-0.39, 0.29) is 6.61 Å². The number of hydrogen-bond donors (Lipinski definition) is 3. The standard InChI is InChI=1S/C7H14O4/c1-4-5(9)6(10)7(2,3-8)11-4/h4-6,8-10H,3H2,1-2H3/t4-,5+,6?,7+/m0/s1. The van der Waals surface area contributed by atoms with Crippen LogP contribution in [0.5, 0.6) is 0 Å². The van der Waals surface area contributed by atoms with Crippen LogP contribution in [-0.4, -0.2) is 45.8 Å². The Balaban J connectivity index is 2.73. The van der Waals surface area contributed by atoms with Crippen molar-refractivity contribution in [3.8, 4) is 0 Å². The molecule has 3 N–H and O–H groups in total. The van der Waals surface area contributed by atoms with Crippen molar-refractivity contribution in [2.45, 2.75) is 37.8 Å². The quantitative estimate of drug-likeness (QED) is 0.456. The summed E-state index contributed by atoms with van der Waals surface area (Å²) in [7, 11) is 0. The van der Waals surface area contributed by atoms with Crippen LogP contribution in [0.2, 0.25) is 0 Å². The van der Waals surface area contributed by atoms with Gasteiger partial charge in [-0.25, -0.2) is 0 Å². The molecular weight excluding hydrogens is 148 g/mol. The third-order valence-corrected chi connectivity index (χ3v) is 2.20. The van der Waals surface area contributed by atoms with Gasteiger partial charge in [0.15, 0.2) is 0 Å². The van der Waals surface area contributed by atoms with Crippen LogP contribution in [-0.2, 0) is 4.74 Å². The molecule has 0 amide bonds. The zero-order valence-electron chi connectivity index (χ0n) is 6.69. The smallest absolute Gasteiger partial charge is 0.117 e. The molecule has 0 bridgehead atoms. The minimum atomic E-state index is -1.00. The van der Waals surface area contributed by atoms with Crippen LogP contribution in [0.25, 0.3) is 0 Å². The minimum absolute atomic E-state index is 0.282. The highest BCUT2D eigenvalue weighted by Gasteiger charge is 2.48. The van der Waals surface area contributed by atoms with Crippen molar-refractivity contribution in [2.24, 2.45) is 0 Å². The van der Waals surface area contributed by atoms with Gasteiger partial charge in [-0.05, 0) is 13.8 Å². The Morgan fingerprint density at radius 3 is 2.18 bits per heavy atom. The van der Waals surface area contributed by atoms with Gasteiger partial charge in [0.2, 0.25) is 0 Å². The van der Waals surface area contributed by atoms with Gasteiger partial charge in [0.25, 0.3) is 0 Å². The van der Waals surface area contributed by atoms with E-state index < -0.39 is 23.9 Å². The van der Waals surface area contributed by atoms with E-state index in [4.69, 9.17) is 9.84 Å². The average Bonchev–Trinajstić information content (AvgIpc) is 2.17. The zero-order valence-corrected chi connectivity index (χ0v) is 6.69. The van der Waals surface area contributed by atoms with Crippen molar-refractivity contribution < 1.29 is 20.1 Å². The van der Waals surface area contributed by atoms with Gasteiger partial charge in [-0.15, -0.1) is 0 Å². The lowest BCUT2D eigenvalue weighted by atomic mass is 9.98. The van der Waals surface area contributed by atoms with E-state index in [1.165, 1.54) is 0 Å². The maximum atomic E-state index is 9.35. The van der Waals surface area contributed by atoms with Crippen molar-refractivity contribution in [3.05, 3.63) is 0 Å². The summed E-state index contributed by atoms with van der Waals surface area (Å²) < 4.78 is 5.17. The van der Waals surface area contributed by atoms with Gasteiger partial charge in [-0.1, -0.05) is 0 Å². The van der Waals surface area contributed by atoms with Gasteiger partial charge in [-0.3, -0.25) is 0 Å². The second-order valence-corrected chi connectivity index (χ2v) is 3.23. The van der Waals surface area contributed by atoms with Crippen LogP contribution >= 0.6 is 0 Å². The molecule has 0 saturated carbocycles. The molecule has 1 heterocycles. The van der Waals surface area contributed by atoms with Crippen molar-refractivity contribution in [1.29, 1.82) is 0 Å². The Morgan fingerprint density at radius 1 is 1.45 bits per heavy atom. The first-order valence-corrected chi connectivity index (χ1v) is 3.66. The molecule has 0 aromatic carbocycles. The minimum Gasteiger partial charge on any atom is -0.393 e. The number of aliphatic hydroxyl groups excluding tert-OH is 3. The number of rotatable bonds is 1. The molecule has 4 heteroatoms. The van der Waals surface area contributed by atoms with Crippen molar-refractivity contribution >= 4 is 0 Å². The summed E-state index contributed by atoms with van der Waals surface area (Å²) in [6.45, 7) is 2.95. The molecule has 1 aliphatic rings. The maximum absolute atomic E-state index is 9.35. The Morgan fingerprint density at radius 2 is 2.00 bits per heavy atom. The van der Waals surface area contributed by atoms with Gasteiger partial charge < -0.3 is 20.1 Å². The molecule has 11 heavy (non-hydrogen) atoms. The van der Waals surface area contributed by atoms with E-state index in [0.717, 1.165) is 0 Å². The van der Waals surface area contributed by atoms with Gasteiger partial charge >= 0.3 is 0 Å². The molecule has 1 saturated heterocycles. The Hall–Kier alpha value is -0.160. The Labute approximate surface area is 65.4 Å². The monoisotopic (exact) mass is 162 g/mol. The molecule has 66 valence electrons. The van der Waals surface area contributed by atoms with E-state index in [1.807, 2.05) is 0 Å². The summed E-state index contributed by atoms with van der Waals surface area (Å²) in [6.07, 6.45) is -2.31. The molecular formula is C7H14O4. The normalized spacial score (nSPS) is 51.5. The van der Waals surface area contributed by atoms with Gasteiger partial charge in [0, 0.05) is 0 Å². The summed E-state index contributed by atoms with van der Waals surface area (Å²) in [5, 5.41) is 27.4. The van der Waals surface area contributed by atoms with Crippen molar-refractivity contribution in [2.75, 3.05) is 6.61 Å². The largest absolute Gasteiger partial charge is 0.393 e. The first-order chi connectivity index (χ1) is 5.01. The Kier molecular flexibility index (Phi) is 2.20. The van der Waals surface area contributed by atoms with Crippen LogP contribution in [0.1, 0.15) is 13.8 Å². The summed E-state index contributed by atoms with van der Waals surface area (Å²) in [6, 6.07) is 0. The number of ether oxygens (including phenoxy) is 1. The van der Waals surface area contributed by atoms with Crippen LogP contribution in [0, 0.1) is 0 Å². The fourth-order valence-corrected chi connectivity index (χ4v) is 1.31. The third-order valence-electron chi connectivity index (χ3n) is 2.20. The summed E-state index contributed by atoms with van der Waals surface area (Å²) >= 11 is 0. The molecule has 1 unspecified atom stereocenters. The predicted molar refractivity (Wildman–Crippen MR) is 38.1 cm³/mol. The SMILES string of the molecule is C[C@@H]1O[C@](C)(CO)C(O)[C@@H]1O. The summed E-state index contributed by atoms with van der Waals surface area (Å²) in [5.41, 5.74) is -1.00. The van der Waals surface area contributed by atoms with Gasteiger partial charge in [0.1, 0.15) is 17.8 Å². The van der Waals surface area contributed by atoms with Crippen LogP contribution in [0.3, 0.4) is 0 Å². The van der Waals surface area contributed by atoms with Crippen molar-refractivity contribution in [1.82, 2.24) is 0 Å². The van der Waals surface area contributed by atoms with E-state index in [0.29, 0.717) is 0 Å². The highest BCUT2D eigenvalue weighted by molar-refractivity contribution is 4.97. The Bertz CT molecular complexity index is 149. The topological polar surface area (TPSA) is 69.9 Å². The summed E-state index contributed by atoms with van der Waals surface area (Å²) in [5.74, 6) is 0. The first kappa shape index (κ1) is 8.93. The molecule has 0 radical (unpaired) electrons. The molecule has 0 aliphatic carbocycles. The fraction of sp³-hybridized carbons (Fsp3) is 1.00. The number of hydrogen-bond acceptors (Lipinski definition) is 4. The van der Waals surface area contributed by atoms with Crippen LogP contribution in [0.4, 0.5) is 0 Å². The van der Waals surface area contributed by atoms with Gasteiger partial charge in [-0.2, -0.15) is 0 Å². The predicted octanol–water partition coefficient (Wildman–Crippen LogP) is -1.12. The van der Waals surface area contributed by atoms with E-state index in [9.17, 15) is 10.2 Å². The molecule has 0 aromatic heterocycles. The number of aliphatic hydroxyl groups is 3. The second-order valence-electron chi connectivity index (χ2n) is 3.23. The second kappa shape index (κ2) is 2.71. The van der Waals surface area contributed by atoms with Crippen LogP contribution in [0.15, 0.2) is 0 Å². The van der Waals surface area contributed by atoms with Gasteiger partial charge in [0.05, 0.1) is 12.7 Å². The van der Waals surface area contributed by atoms with Crippen molar-refractivity contribution in [3.63, 3.8) is 0 Å². The molecule has 4 atom stereocenters. The lowest BCUT2D eigenvalue weighted by molar-refractivity contribution is -0.0951. The highest BCUT2D eigenvalue weighted by atomic mass is 16.6. The average molecular weight is 162 g/mol. The first-order valence-electron chi connectivity index (χ1n) is 3.66. The molecule has 0 aromatic rings. The maximum Gasteiger partial charge on any atom is 0.117 e. The van der Waals surface area contributed by atoms with E-state index >= 15 is 0 Å². The fourth-order valence-electron chi connectivity index (χ4n) is 1.31. The lowest BCUT2D eigenvalue weighted by Gasteiger charge is -2.24. The van der Waals surface area contributed by atoms with E-state index in [2.05, 4.69) is 0 Å². The molecule has 0 spiro atoms. The lowest BCUT2D eigenvalue weighted by Crippen LogP contribution is -2.43. The molecule has 4 nitrogen and oxygen atoms in total. The highest BCUT2D eigenvalue weighted by Crippen LogP contribution is 2.29. The third kappa shape index (κ3) is 1.27.